The van der Waals surface area contributed by atoms with E-state index in [1.165, 1.54) is 6.33 Å². The number of nitrogens with zero attached hydrogens (tertiary/aromatic N) is 6. The molecule has 0 atom stereocenters. The fourth-order valence-electron chi connectivity index (χ4n) is 2.54. The van der Waals surface area contributed by atoms with Gasteiger partial charge in [-0.1, -0.05) is 12.2 Å². The number of nitriles is 1. The van der Waals surface area contributed by atoms with Crippen LogP contribution in [0.2, 0.25) is 0 Å². The summed E-state index contributed by atoms with van der Waals surface area (Å²) in [5.74, 6) is 0.504. The molecule has 0 fully saturated rings. The number of rotatable bonds is 6. The second kappa shape index (κ2) is 8.12. The van der Waals surface area contributed by atoms with Crippen molar-refractivity contribution in [3.8, 4) is 6.07 Å². The van der Waals surface area contributed by atoms with Crippen molar-refractivity contribution in [1.29, 1.82) is 5.26 Å². The van der Waals surface area contributed by atoms with E-state index in [0.29, 0.717) is 23.8 Å². The zero-order valence-corrected chi connectivity index (χ0v) is 14.8. The SMILES string of the molecule is BC1=CC=C/C(=C(\C#N)c2nc(NCCCn3cncn3)ncc2C)N1. The van der Waals surface area contributed by atoms with E-state index in [4.69, 9.17) is 0 Å². The lowest BCUT2D eigenvalue weighted by Gasteiger charge is -2.15. The zero-order chi connectivity index (χ0) is 18.4. The Morgan fingerprint density at radius 3 is 3.08 bits per heavy atom. The summed E-state index contributed by atoms with van der Waals surface area (Å²) in [5.41, 5.74) is 3.70. The molecule has 8 nitrogen and oxygen atoms in total. The van der Waals surface area contributed by atoms with Gasteiger partial charge >= 0.3 is 0 Å². The van der Waals surface area contributed by atoms with Crippen molar-refractivity contribution in [1.82, 2.24) is 30.0 Å². The highest BCUT2D eigenvalue weighted by molar-refractivity contribution is 6.21. The van der Waals surface area contributed by atoms with E-state index in [-0.39, 0.29) is 0 Å². The van der Waals surface area contributed by atoms with Crippen molar-refractivity contribution >= 4 is 19.4 Å². The lowest BCUT2D eigenvalue weighted by Crippen LogP contribution is -2.16. The van der Waals surface area contributed by atoms with Gasteiger partial charge in [0.25, 0.3) is 0 Å². The molecule has 9 heteroatoms. The second-order valence-corrected chi connectivity index (χ2v) is 5.90. The number of dihydropyridines is 1. The van der Waals surface area contributed by atoms with Crippen LogP contribution in [0, 0.1) is 18.3 Å². The van der Waals surface area contributed by atoms with Crippen LogP contribution in [-0.4, -0.2) is 39.1 Å². The molecule has 0 saturated heterocycles. The molecular formula is C17H19BN8. The van der Waals surface area contributed by atoms with Crippen molar-refractivity contribution < 1.29 is 0 Å². The molecule has 3 heterocycles. The number of hydrogen-bond acceptors (Lipinski definition) is 7. The van der Waals surface area contributed by atoms with E-state index < -0.39 is 0 Å². The van der Waals surface area contributed by atoms with Crippen LogP contribution in [0.3, 0.4) is 0 Å². The van der Waals surface area contributed by atoms with Crippen molar-refractivity contribution in [3.05, 3.63) is 59.6 Å². The zero-order valence-electron chi connectivity index (χ0n) is 14.8. The average molecular weight is 346 g/mol. The number of aromatic nitrogens is 5. The van der Waals surface area contributed by atoms with Gasteiger partial charge < -0.3 is 10.6 Å². The van der Waals surface area contributed by atoms with E-state index >= 15 is 0 Å². The van der Waals surface area contributed by atoms with Gasteiger partial charge in [-0.25, -0.2) is 15.0 Å². The van der Waals surface area contributed by atoms with Gasteiger partial charge in [0.05, 0.1) is 11.4 Å². The molecule has 2 aromatic rings. The average Bonchev–Trinajstić information content (AvgIpc) is 3.15. The van der Waals surface area contributed by atoms with Gasteiger partial charge in [-0.2, -0.15) is 10.4 Å². The summed E-state index contributed by atoms with van der Waals surface area (Å²) in [6.45, 7) is 3.36. The fraction of sp³-hybridized carbons (Fsp3) is 0.235. The summed E-state index contributed by atoms with van der Waals surface area (Å²) in [5, 5.41) is 20.1. The molecule has 0 aromatic carbocycles. The van der Waals surface area contributed by atoms with E-state index in [2.05, 4.69) is 36.8 Å². The smallest absolute Gasteiger partial charge is 0.223 e. The summed E-state index contributed by atoms with van der Waals surface area (Å²) in [4.78, 5) is 12.8. The topological polar surface area (TPSA) is 104 Å². The summed E-state index contributed by atoms with van der Waals surface area (Å²) in [6.07, 6.45) is 11.5. The Morgan fingerprint density at radius 2 is 2.35 bits per heavy atom. The molecule has 0 unspecified atom stereocenters. The number of anilines is 1. The standard InChI is InChI=1S/C17H19BN8/c1-12-9-22-17(21-6-3-7-26-11-20-10-23-26)25-16(12)13(8-19)14-4-2-5-15(18)24-14/h2,4-5,9-11,24H,3,6-7,18H2,1H3,(H,21,22,25)/b14-13-. The summed E-state index contributed by atoms with van der Waals surface area (Å²) >= 11 is 0. The predicted octanol–water partition coefficient (Wildman–Crippen LogP) is 0.747. The van der Waals surface area contributed by atoms with E-state index in [1.807, 2.05) is 33.0 Å². The third-order valence-corrected chi connectivity index (χ3v) is 3.84. The van der Waals surface area contributed by atoms with Gasteiger partial charge in [-0.15, -0.1) is 0 Å². The Labute approximate surface area is 152 Å². The van der Waals surface area contributed by atoms with E-state index in [9.17, 15) is 5.26 Å². The van der Waals surface area contributed by atoms with Crippen LogP contribution >= 0.6 is 0 Å². The maximum atomic E-state index is 9.66. The third kappa shape index (κ3) is 4.16. The van der Waals surface area contributed by atoms with Gasteiger partial charge in [0.1, 0.15) is 24.3 Å². The molecule has 2 N–H and O–H groups in total. The molecule has 1 aliphatic rings. The van der Waals surface area contributed by atoms with Crippen LogP contribution < -0.4 is 10.6 Å². The Kier molecular flexibility index (Phi) is 5.44. The highest BCUT2D eigenvalue weighted by Crippen LogP contribution is 2.22. The summed E-state index contributed by atoms with van der Waals surface area (Å²) in [7, 11) is 1.95. The Morgan fingerprint density at radius 1 is 1.46 bits per heavy atom. The van der Waals surface area contributed by atoms with Gasteiger partial charge in [0, 0.05) is 19.3 Å². The van der Waals surface area contributed by atoms with Crippen molar-refractivity contribution in [2.75, 3.05) is 11.9 Å². The molecular weight excluding hydrogens is 327 g/mol. The van der Waals surface area contributed by atoms with Gasteiger partial charge in [-0.3, -0.25) is 4.68 Å². The highest BCUT2D eigenvalue weighted by Gasteiger charge is 2.14. The Hall–Kier alpha value is -3.41. The Bertz CT molecular complexity index is 905. The van der Waals surface area contributed by atoms with Crippen molar-refractivity contribution in [2.45, 2.75) is 19.9 Å². The monoisotopic (exact) mass is 346 g/mol. The third-order valence-electron chi connectivity index (χ3n) is 3.84. The number of nitrogens with one attached hydrogen (secondary N) is 2. The van der Waals surface area contributed by atoms with Crippen LogP contribution in [-0.2, 0) is 6.54 Å². The number of hydrogen-bond donors (Lipinski definition) is 2. The molecule has 0 aliphatic carbocycles. The molecule has 0 bridgehead atoms. The normalized spacial score (nSPS) is 15.0. The van der Waals surface area contributed by atoms with Crippen LogP contribution in [0.5, 0.6) is 0 Å². The largest absolute Gasteiger partial charge is 0.367 e. The molecule has 130 valence electrons. The van der Waals surface area contributed by atoms with Gasteiger partial charge in [-0.05, 0) is 30.6 Å². The van der Waals surface area contributed by atoms with Crippen LogP contribution in [0.1, 0.15) is 17.7 Å². The quantitative estimate of drug-likeness (QED) is 0.452. The van der Waals surface area contributed by atoms with E-state index in [0.717, 1.165) is 29.8 Å². The maximum Gasteiger partial charge on any atom is 0.223 e. The Balaban J connectivity index is 1.73. The maximum absolute atomic E-state index is 9.66. The molecule has 0 spiro atoms. The lowest BCUT2D eigenvalue weighted by molar-refractivity contribution is 0.589. The minimum atomic E-state index is 0.499. The first kappa shape index (κ1) is 17.4. The molecule has 0 radical (unpaired) electrons. The van der Waals surface area contributed by atoms with Crippen molar-refractivity contribution in [3.63, 3.8) is 0 Å². The lowest BCUT2D eigenvalue weighted by atomic mass is 9.98. The minimum Gasteiger partial charge on any atom is -0.367 e. The number of aryl methyl sites for hydroxylation is 2. The molecule has 0 saturated carbocycles. The molecule has 1 aliphatic heterocycles. The van der Waals surface area contributed by atoms with Crippen LogP contribution in [0.15, 0.2) is 48.4 Å². The molecule has 0 amide bonds. The van der Waals surface area contributed by atoms with E-state index in [1.54, 1.807) is 17.2 Å². The predicted molar refractivity (Wildman–Crippen MR) is 101 cm³/mol. The number of allylic oxidation sites excluding steroid dienone is 4. The first-order valence-electron chi connectivity index (χ1n) is 8.34. The summed E-state index contributed by atoms with van der Waals surface area (Å²) < 4.78 is 1.78. The van der Waals surface area contributed by atoms with Crippen LogP contribution in [0.4, 0.5) is 5.95 Å². The molecule has 3 rings (SSSR count). The van der Waals surface area contributed by atoms with Gasteiger partial charge in [0.2, 0.25) is 5.95 Å². The molecule has 2 aromatic heterocycles. The minimum absolute atomic E-state index is 0.499. The molecule has 26 heavy (non-hydrogen) atoms. The van der Waals surface area contributed by atoms with Crippen molar-refractivity contribution in [2.24, 2.45) is 0 Å². The van der Waals surface area contributed by atoms with Crippen LogP contribution in [0.25, 0.3) is 5.57 Å². The fourth-order valence-corrected chi connectivity index (χ4v) is 2.54. The first-order chi connectivity index (χ1) is 12.7. The van der Waals surface area contributed by atoms with Gasteiger partial charge in [0.15, 0.2) is 7.85 Å². The summed E-state index contributed by atoms with van der Waals surface area (Å²) in [6, 6.07) is 2.26. The second-order valence-electron chi connectivity index (χ2n) is 5.90. The highest BCUT2D eigenvalue weighted by atomic mass is 15.3. The first-order valence-corrected chi connectivity index (χ1v) is 8.34.